The van der Waals surface area contributed by atoms with Crippen molar-refractivity contribution in [3.63, 3.8) is 0 Å². The van der Waals surface area contributed by atoms with Crippen LogP contribution in [0.15, 0.2) is 0 Å². The molecule has 0 spiro atoms. The first-order valence-electron chi connectivity index (χ1n) is 9.09. The van der Waals surface area contributed by atoms with Crippen molar-refractivity contribution < 1.29 is 14.7 Å². The first kappa shape index (κ1) is 14.9. The van der Waals surface area contributed by atoms with E-state index in [-0.39, 0.29) is 22.5 Å². The fraction of sp³-hybridized carbons (Fsp3) is 0.895. The Balaban J connectivity index is 1.68. The van der Waals surface area contributed by atoms with Gasteiger partial charge in [0, 0.05) is 30.6 Å². The van der Waals surface area contributed by atoms with Crippen LogP contribution in [0.3, 0.4) is 0 Å². The molecule has 7 atom stereocenters. The number of aliphatic hydroxyl groups is 1. The van der Waals surface area contributed by atoms with E-state index >= 15 is 0 Å². The molecule has 22 heavy (non-hydrogen) atoms. The molecule has 4 fully saturated rings. The van der Waals surface area contributed by atoms with E-state index in [1.54, 1.807) is 0 Å². The van der Waals surface area contributed by atoms with Gasteiger partial charge in [-0.25, -0.2) is 0 Å². The molecule has 4 aliphatic carbocycles. The van der Waals surface area contributed by atoms with Crippen molar-refractivity contribution in [3.8, 4) is 0 Å². The summed E-state index contributed by atoms with van der Waals surface area (Å²) in [5.74, 6) is 2.50. The topological polar surface area (TPSA) is 54.4 Å². The van der Waals surface area contributed by atoms with Crippen LogP contribution in [-0.4, -0.2) is 22.8 Å². The van der Waals surface area contributed by atoms with E-state index in [2.05, 4.69) is 13.8 Å². The molecule has 3 nitrogen and oxygen atoms in total. The lowest BCUT2D eigenvalue weighted by molar-refractivity contribution is -0.148. The third kappa shape index (κ3) is 1.78. The van der Waals surface area contributed by atoms with E-state index in [0.717, 1.165) is 44.9 Å². The second kappa shape index (κ2) is 4.66. The molecule has 0 amide bonds. The highest BCUT2D eigenvalue weighted by Gasteiger charge is 2.62. The lowest BCUT2D eigenvalue weighted by atomic mass is 9.45. The largest absolute Gasteiger partial charge is 0.392 e. The van der Waals surface area contributed by atoms with Gasteiger partial charge in [0.1, 0.15) is 11.6 Å². The number of rotatable bonds is 0. The van der Waals surface area contributed by atoms with Crippen LogP contribution in [-0.2, 0) is 9.59 Å². The quantitative estimate of drug-likeness (QED) is 0.748. The predicted molar refractivity (Wildman–Crippen MR) is 83.1 cm³/mol. The first-order chi connectivity index (χ1) is 10.4. The van der Waals surface area contributed by atoms with E-state index in [4.69, 9.17) is 0 Å². The highest BCUT2D eigenvalue weighted by atomic mass is 16.3. The Bertz CT molecular complexity index is 527. The van der Waals surface area contributed by atoms with Crippen LogP contribution in [0.1, 0.15) is 65.2 Å². The SMILES string of the molecule is C[C@]12CCC(=O)C[C@@H]1CC[C@@H]1[C@@H]2CC[C@]2(C)C(=O)CC(O)[C@@H]12. The minimum atomic E-state index is -0.435. The van der Waals surface area contributed by atoms with E-state index in [1.807, 2.05) is 0 Å². The lowest BCUT2D eigenvalue weighted by Gasteiger charge is -2.59. The van der Waals surface area contributed by atoms with Crippen LogP contribution in [0.4, 0.5) is 0 Å². The third-order valence-electron chi connectivity index (χ3n) is 8.18. The van der Waals surface area contributed by atoms with Gasteiger partial charge in [0.15, 0.2) is 0 Å². The van der Waals surface area contributed by atoms with Crippen LogP contribution >= 0.6 is 0 Å². The number of carbonyl (C=O) groups is 2. The molecule has 0 heterocycles. The standard InChI is InChI=1S/C19H28O3/c1-18-7-5-12(20)9-11(18)3-4-13-14(18)6-8-19(2)16(22)10-15(21)17(13)19/h11,13-15,17,21H,3-10H2,1-2H3/t11-,13+,14-,15?,17+,18-,19+/m0/s1. The summed E-state index contributed by atoms with van der Waals surface area (Å²) < 4.78 is 0. The lowest BCUT2D eigenvalue weighted by Crippen LogP contribution is -2.55. The van der Waals surface area contributed by atoms with Gasteiger partial charge >= 0.3 is 0 Å². The molecule has 122 valence electrons. The van der Waals surface area contributed by atoms with Crippen molar-refractivity contribution in [3.05, 3.63) is 0 Å². The maximum absolute atomic E-state index is 12.4. The maximum Gasteiger partial charge on any atom is 0.141 e. The normalized spacial score (nSPS) is 54.6. The van der Waals surface area contributed by atoms with Crippen molar-refractivity contribution in [2.24, 2.45) is 34.5 Å². The van der Waals surface area contributed by atoms with E-state index in [0.29, 0.717) is 30.0 Å². The zero-order valence-electron chi connectivity index (χ0n) is 13.8. The van der Waals surface area contributed by atoms with Crippen molar-refractivity contribution in [1.29, 1.82) is 0 Å². The van der Waals surface area contributed by atoms with Gasteiger partial charge in [-0.2, -0.15) is 0 Å². The first-order valence-corrected chi connectivity index (χ1v) is 9.09. The van der Waals surface area contributed by atoms with Crippen LogP contribution in [0.5, 0.6) is 0 Å². The number of carbonyl (C=O) groups excluding carboxylic acids is 2. The summed E-state index contributed by atoms with van der Waals surface area (Å²) >= 11 is 0. The van der Waals surface area contributed by atoms with Gasteiger partial charge in [-0.3, -0.25) is 9.59 Å². The highest BCUT2D eigenvalue weighted by molar-refractivity contribution is 5.88. The molecule has 0 aliphatic heterocycles. The molecule has 4 aliphatic rings. The van der Waals surface area contributed by atoms with E-state index in [1.165, 1.54) is 0 Å². The number of hydrogen-bond acceptors (Lipinski definition) is 3. The van der Waals surface area contributed by atoms with E-state index in [9.17, 15) is 14.7 Å². The molecular weight excluding hydrogens is 276 g/mol. The molecule has 1 N–H and O–H groups in total. The van der Waals surface area contributed by atoms with Crippen LogP contribution in [0.2, 0.25) is 0 Å². The summed E-state index contributed by atoms with van der Waals surface area (Å²) in [5.41, 5.74) is -0.0300. The number of aliphatic hydroxyl groups excluding tert-OH is 1. The third-order valence-corrected chi connectivity index (χ3v) is 8.18. The van der Waals surface area contributed by atoms with Gasteiger partial charge in [-0.1, -0.05) is 13.8 Å². The Hall–Kier alpha value is -0.700. The molecule has 0 saturated heterocycles. The second-order valence-electron chi connectivity index (χ2n) is 8.97. The molecule has 0 aromatic heterocycles. The average Bonchev–Trinajstić information content (AvgIpc) is 2.70. The molecule has 0 radical (unpaired) electrons. The summed E-state index contributed by atoms with van der Waals surface area (Å²) in [6, 6.07) is 0. The second-order valence-corrected chi connectivity index (χ2v) is 8.97. The molecule has 4 saturated carbocycles. The van der Waals surface area contributed by atoms with Crippen LogP contribution < -0.4 is 0 Å². The van der Waals surface area contributed by atoms with E-state index < -0.39 is 6.10 Å². The maximum atomic E-state index is 12.4. The fourth-order valence-electron chi connectivity index (χ4n) is 6.88. The minimum absolute atomic E-state index is 0.161. The number of fused-ring (bicyclic) bond motifs is 5. The monoisotopic (exact) mass is 304 g/mol. The van der Waals surface area contributed by atoms with Gasteiger partial charge in [0.2, 0.25) is 0 Å². The smallest absolute Gasteiger partial charge is 0.141 e. The summed E-state index contributed by atoms with van der Waals surface area (Å²) in [6.07, 6.45) is 6.70. The van der Waals surface area contributed by atoms with Gasteiger partial charge in [0.25, 0.3) is 0 Å². The zero-order chi connectivity index (χ0) is 15.7. The van der Waals surface area contributed by atoms with Gasteiger partial charge in [-0.15, -0.1) is 0 Å². The zero-order valence-corrected chi connectivity index (χ0v) is 13.8. The van der Waals surface area contributed by atoms with Gasteiger partial charge < -0.3 is 5.11 Å². The van der Waals surface area contributed by atoms with Crippen molar-refractivity contribution in [2.75, 3.05) is 0 Å². The number of ketones is 2. The van der Waals surface area contributed by atoms with Crippen molar-refractivity contribution in [1.82, 2.24) is 0 Å². The minimum Gasteiger partial charge on any atom is -0.392 e. The number of hydrogen-bond donors (Lipinski definition) is 1. The molecule has 0 aromatic rings. The summed E-state index contributed by atoms with van der Waals surface area (Å²) in [6.45, 7) is 4.50. The van der Waals surface area contributed by atoms with Crippen LogP contribution in [0, 0.1) is 34.5 Å². The Labute approximate surface area is 132 Å². The average molecular weight is 304 g/mol. The number of Topliss-reactive ketones (excluding diaryl/α,β-unsaturated/α-hetero) is 2. The Kier molecular flexibility index (Phi) is 3.15. The van der Waals surface area contributed by atoms with Crippen molar-refractivity contribution in [2.45, 2.75) is 71.3 Å². The molecule has 0 bridgehead atoms. The fourth-order valence-corrected chi connectivity index (χ4v) is 6.88. The molecule has 4 rings (SSSR count). The Morgan fingerprint density at radius 3 is 2.59 bits per heavy atom. The molecule has 1 unspecified atom stereocenters. The summed E-state index contributed by atoms with van der Waals surface area (Å²) in [4.78, 5) is 24.3. The van der Waals surface area contributed by atoms with Crippen molar-refractivity contribution >= 4 is 11.6 Å². The van der Waals surface area contributed by atoms with Gasteiger partial charge in [-0.05, 0) is 55.3 Å². The van der Waals surface area contributed by atoms with Crippen LogP contribution in [0.25, 0.3) is 0 Å². The van der Waals surface area contributed by atoms with Gasteiger partial charge in [0.05, 0.1) is 6.10 Å². The molecular formula is C19H28O3. The summed E-state index contributed by atoms with van der Waals surface area (Å²) in [5, 5.41) is 10.5. The molecule has 3 heteroatoms. The predicted octanol–water partition coefficient (Wildman–Crippen LogP) is 3.14. The highest BCUT2D eigenvalue weighted by Crippen LogP contribution is 2.65. The Morgan fingerprint density at radius 1 is 1.05 bits per heavy atom. The molecule has 0 aromatic carbocycles. The summed E-state index contributed by atoms with van der Waals surface area (Å²) in [7, 11) is 0. The Morgan fingerprint density at radius 2 is 1.82 bits per heavy atom.